The fourth-order valence-electron chi connectivity index (χ4n) is 5.48. The Morgan fingerprint density at radius 3 is 2.61 bits per heavy atom. The average Bonchev–Trinajstić information content (AvgIpc) is 3.60. The third kappa shape index (κ3) is 4.79. The van der Waals surface area contributed by atoms with Crippen LogP contribution in [-0.4, -0.2) is 70.5 Å². The van der Waals surface area contributed by atoms with Crippen LogP contribution in [0.2, 0.25) is 0 Å². The van der Waals surface area contributed by atoms with Gasteiger partial charge in [0, 0.05) is 36.8 Å². The predicted octanol–water partition coefficient (Wildman–Crippen LogP) is 0.891. The molecule has 0 spiro atoms. The van der Waals surface area contributed by atoms with Gasteiger partial charge in [0.15, 0.2) is 11.7 Å². The lowest BCUT2D eigenvalue weighted by Crippen LogP contribution is -3.17. The molecule has 6 nitrogen and oxygen atoms in total. The fraction of sp³-hybridized carbons (Fsp3) is 0.565. The number of aromatic nitrogens is 2. The zero-order valence-corrected chi connectivity index (χ0v) is 19.2. The number of piperidine rings is 1. The molecule has 1 aromatic carbocycles. The number of nitrogens with one attached hydrogen (secondary N) is 1. The first-order valence-corrected chi connectivity index (χ1v) is 12.8. The van der Waals surface area contributed by atoms with Gasteiger partial charge in [-0.2, -0.15) is 18.3 Å². The molecular formula is C23H30F3N5OS+2. The molecule has 0 saturated carbocycles. The summed E-state index contributed by atoms with van der Waals surface area (Å²) >= 11 is 1.81. The summed E-state index contributed by atoms with van der Waals surface area (Å²) in [5, 5.41) is 6.12. The third-order valence-corrected chi connectivity index (χ3v) is 8.24. The van der Waals surface area contributed by atoms with Gasteiger partial charge in [0.05, 0.1) is 31.1 Å². The van der Waals surface area contributed by atoms with E-state index in [2.05, 4.69) is 10.4 Å². The Morgan fingerprint density at radius 1 is 1.18 bits per heavy atom. The molecule has 10 heteroatoms. The van der Waals surface area contributed by atoms with E-state index in [1.165, 1.54) is 15.6 Å². The highest BCUT2D eigenvalue weighted by Crippen LogP contribution is 2.34. The van der Waals surface area contributed by atoms with Crippen molar-refractivity contribution in [2.45, 2.75) is 43.4 Å². The van der Waals surface area contributed by atoms with E-state index in [0.29, 0.717) is 17.4 Å². The minimum atomic E-state index is -4.46. The van der Waals surface area contributed by atoms with Crippen LogP contribution >= 0.6 is 11.8 Å². The molecule has 3 aliphatic heterocycles. The van der Waals surface area contributed by atoms with Crippen LogP contribution in [0, 0.1) is 0 Å². The summed E-state index contributed by atoms with van der Waals surface area (Å²) in [7, 11) is 0. The van der Waals surface area contributed by atoms with Gasteiger partial charge >= 0.3 is 6.18 Å². The maximum atomic E-state index is 13.4. The lowest BCUT2D eigenvalue weighted by atomic mass is 9.91. The van der Waals surface area contributed by atoms with Crippen molar-refractivity contribution in [3.8, 4) is 5.69 Å². The van der Waals surface area contributed by atoms with Crippen LogP contribution in [0.1, 0.15) is 36.6 Å². The van der Waals surface area contributed by atoms with Crippen LogP contribution in [-0.2, 0) is 11.0 Å². The van der Waals surface area contributed by atoms with Crippen LogP contribution < -0.4 is 10.2 Å². The number of amides is 1. The number of nitrogens with zero attached hydrogens (tertiary/aromatic N) is 3. The first-order chi connectivity index (χ1) is 15.9. The molecule has 0 bridgehead atoms. The number of hydrogen-bond donors (Lipinski definition) is 2. The Bertz CT molecular complexity index is 968. The molecule has 4 heterocycles. The van der Waals surface area contributed by atoms with E-state index >= 15 is 0 Å². The largest absolute Gasteiger partial charge is 0.435 e. The second kappa shape index (κ2) is 9.31. The minimum Gasteiger partial charge on any atom is -0.331 e. The Morgan fingerprint density at radius 2 is 1.94 bits per heavy atom. The SMILES string of the molecule is O=C([C@@H]1C[C@H]([NH+]2CCC(c3cc(C(F)(F)F)nn3-c3ccccc3)CC2)C[NH2+]1)N1CCSC1. The number of hydrogen-bond acceptors (Lipinski definition) is 3. The summed E-state index contributed by atoms with van der Waals surface area (Å²) in [6.45, 7) is 3.61. The Kier molecular flexibility index (Phi) is 6.41. The van der Waals surface area contributed by atoms with Gasteiger partial charge < -0.3 is 15.1 Å². The van der Waals surface area contributed by atoms with Crippen LogP contribution in [0.25, 0.3) is 5.69 Å². The smallest absolute Gasteiger partial charge is 0.331 e. The molecule has 33 heavy (non-hydrogen) atoms. The number of rotatable bonds is 4. The summed E-state index contributed by atoms with van der Waals surface area (Å²) in [6.07, 6.45) is -1.93. The number of likely N-dealkylation sites (tertiary alicyclic amines) is 1. The number of halogens is 3. The number of carbonyl (C=O) groups excluding carboxylic acids is 1. The topological polar surface area (TPSA) is 59.2 Å². The monoisotopic (exact) mass is 481 g/mol. The predicted molar refractivity (Wildman–Crippen MR) is 119 cm³/mol. The van der Waals surface area contributed by atoms with Crippen molar-refractivity contribution in [2.75, 3.05) is 37.8 Å². The lowest BCUT2D eigenvalue weighted by molar-refractivity contribution is -0.934. The van der Waals surface area contributed by atoms with Crippen LogP contribution in [0.15, 0.2) is 36.4 Å². The average molecular weight is 482 g/mol. The van der Waals surface area contributed by atoms with E-state index in [1.807, 2.05) is 34.9 Å². The van der Waals surface area contributed by atoms with Crippen molar-refractivity contribution in [1.82, 2.24) is 14.7 Å². The molecule has 1 aromatic heterocycles. The van der Waals surface area contributed by atoms with Gasteiger partial charge in [-0.3, -0.25) is 4.79 Å². The van der Waals surface area contributed by atoms with E-state index in [9.17, 15) is 18.0 Å². The number of alkyl halides is 3. The van der Waals surface area contributed by atoms with Gasteiger partial charge in [0.1, 0.15) is 12.6 Å². The first kappa shape index (κ1) is 22.7. The van der Waals surface area contributed by atoms with Gasteiger partial charge in [-0.25, -0.2) is 4.68 Å². The van der Waals surface area contributed by atoms with Crippen LogP contribution in [0.5, 0.6) is 0 Å². The molecule has 2 atom stereocenters. The second-order valence-corrected chi connectivity index (χ2v) is 10.4. The molecule has 178 valence electrons. The number of carbonyl (C=O) groups is 1. The zero-order valence-electron chi connectivity index (χ0n) is 18.4. The van der Waals surface area contributed by atoms with Crippen molar-refractivity contribution in [3.63, 3.8) is 0 Å². The number of benzene rings is 1. The summed E-state index contributed by atoms with van der Waals surface area (Å²) in [6, 6.07) is 10.7. The number of thioether (sulfide) groups is 1. The second-order valence-electron chi connectivity index (χ2n) is 9.28. The van der Waals surface area contributed by atoms with Gasteiger partial charge in [0.2, 0.25) is 0 Å². The molecule has 0 radical (unpaired) electrons. The van der Waals surface area contributed by atoms with Crippen molar-refractivity contribution in [2.24, 2.45) is 0 Å². The fourth-order valence-corrected chi connectivity index (χ4v) is 6.43. The van der Waals surface area contributed by atoms with Gasteiger partial charge in [0.25, 0.3) is 5.91 Å². The highest BCUT2D eigenvalue weighted by Gasteiger charge is 2.43. The number of nitrogens with two attached hydrogens (primary N) is 1. The number of quaternary nitrogens is 2. The summed E-state index contributed by atoms with van der Waals surface area (Å²) < 4.78 is 41.8. The van der Waals surface area contributed by atoms with Crippen molar-refractivity contribution in [3.05, 3.63) is 47.8 Å². The van der Waals surface area contributed by atoms with Crippen LogP contribution in [0.4, 0.5) is 13.2 Å². The highest BCUT2D eigenvalue weighted by molar-refractivity contribution is 7.99. The molecule has 3 N–H and O–H groups in total. The maximum Gasteiger partial charge on any atom is 0.435 e. The van der Waals surface area contributed by atoms with Crippen molar-refractivity contribution in [1.29, 1.82) is 0 Å². The Labute approximate surface area is 195 Å². The van der Waals surface area contributed by atoms with E-state index in [4.69, 9.17) is 0 Å². The summed E-state index contributed by atoms with van der Waals surface area (Å²) in [4.78, 5) is 16.2. The summed E-state index contributed by atoms with van der Waals surface area (Å²) in [5.41, 5.74) is 0.470. The quantitative estimate of drug-likeness (QED) is 0.682. The molecule has 0 unspecified atom stereocenters. The van der Waals surface area contributed by atoms with Gasteiger partial charge in [-0.1, -0.05) is 18.2 Å². The first-order valence-electron chi connectivity index (χ1n) is 11.7. The molecule has 3 fully saturated rings. The Balaban J connectivity index is 1.25. The molecule has 1 amide bonds. The van der Waals surface area contributed by atoms with Gasteiger partial charge in [-0.05, 0) is 18.2 Å². The zero-order chi connectivity index (χ0) is 23.0. The molecule has 0 aliphatic carbocycles. The normalized spacial score (nSPS) is 28.4. The summed E-state index contributed by atoms with van der Waals surface area (Å²) in [5.74, 6) is 2.14. The molecule has 2 aromatic rings. The van der Waals surface area contributed by atoms with Crippen LogP contribution in [0.3, 0.4) is 0 Å². The molecule has 5 rings (SSSR count). The van der Waals surface area contributed by atoms with E-state index in [1.54, 1.807) is 12.1 Å². The molecule has 3 saturated heterocycles. The minimum absolute atomic E-state index is 0.0211. The van der Waals surface area contributed by atoms with Crippen molar-refractivity contribution < 1.29 is 28.2 Å². The molecule has 3 aliphatic rings. The number of para-hydroxylation sites is 1. The lowest BCUT2D eigenvalue weighted by Gasteiger charge is -2.32. The van der Waals surface area contributed by atoms with E-state index in [-0.39, 0.29) is 17.9 Å². The van der Waals surface area contributed by atoms with E-state index in [0.717, 1.165) is 57.1 Å². The Hall–Kier alpha value is -2.04. The van der Waals surface area contributed by atoms with E-state index < -0.39 is 11.9 Å². The molecular weight excluding hydrogens is 451 g/mol. The standard InChI is InChI=1S/C23H28F3N5OS/c24-23(25,26)21-13-20(31(28-21)17-4-2-1-3-5-17)16-6-8-29(9-7-16)18-12-19(27-14-18)22(32)30-10-11-33-15-30/h1-5,13,16,18-19,27H,6-12,14-15H2/p+2/t18-,19-/m0/s1. The highest BCUT2D eigenvalue weighted by atomic mass is 32.2. The third-order valence-electron chi connectivity index (χ3n) is 7.28. The maximum absolute atomic E-state index is 13.4. The van der Waals surface area contributed by atoms with Gasteiger partial charge in [-0.15, -0.1) is 11.8 Å². The van der Waals surface area contributed by atoms with Crippen molar-refractivity contribution >= 4 is 17.7 Å².